The number of fused-ring (bicyclic) bond motifs is 12. The van der Waals surface area contributed by atoms with Crippen molar-refractivity contribution < 1.29 is 85.8 Å². The van der Waals surface area contributed by atoms with E-state index in [4.69, 9.17) is 42.6 Å². The van der Waals surface area contributed by atoms with Crippen LogP contribution < -0.4 is 34.3 Å². The molecule has 0 unspecified atom stereocenters. The van der Waals surface area contributed by atoms with Gasteiger partial charge in [0, 0.05) is 99.6 Å². The molecule has 0 saturated heterocycles. The zero-order chi connectivity index (χ0) is 104. The van der Waals surface area contributed by atoms with Crippen molar-refractivity contribution in [2.24, 2.45) is 0 Å². The third-order valence-corrected chi connectivity index (χ3v) is 21.6. The minimum atomic E-state index is -0.444. The predicted octanol–water partition coefficient (Wildman–Crippen LogP) is 24.9. The summed E-state index contributed by atoms with van der Waals surface area (Å²) in [4.78, 5) is 119. The van der Waals surface area contributed by atoms with Gasteiger partial charge in [0.2, 0.25) is 5.91 Å². The Balaban J connectivity index is 0.000000149. The van der Waals surface area contributed by atoms with E-state index < -0.39 is 35.8 Å². The van der Waals surface area contributed by atoms with Crippen molar-refractivity contribution in [2.75, 3.05) is 43.7 Å². The fraction of sp³-hybridized carbons (Fsp3) is 0.0826. The number of aromatic nitrogens is 5. The Morgan fingerprint density at radius 2 is 0.781 bits per heavy atom. The van der Waals surface area contributed by atoms with E-state index in [0.717, 1.165) is 121 Å². The number of hydrogen-bond donors (Lipinski definition) is 3. The van der Waals surface area contributed by atoms with Crippen LogP contribution in [0.3, 0.4) is 0 Å². The van der Waals surface area contributed by atoms with E-state index in [1.807, 2.05) is 212 Å². The van der Waals surface area contributed by atoms with Crippen LogP contribution >= 0.6 is 0 Å². The molecule has 3 aromatic heterocycles. The molecule has 0 bridgehead atoms. The van der Waals surface area contributed by atoms with Crippen LogP contribution in [-0.2, 0) is 75.1 Å². The summed E-state index contributed by atoms with van der Waals surface area (Å²) < 4.78 is 46.7. The van der Waals surface area contributed by atoms with E-state index in [0.29, 0.717) is 89.7 Å². The number of aromatic amines is 1. The molecular weight excluding hydrogens is 1840 g/mol. The fourth-order valence-corrected chi connectivity index (χ4v) is 14.6. The lowest BCUT2D eigenvalue weighted by atomic mass is 9.97. The van der Waals surface area contributed by atoms with Gasteiger partial charge in [-0.1, -0.05) is 283 Å². The second-order valence-electron chi connectivity index (χ2n) is 31.9. The first kappa shape index (κ1) is 106. The van der Waals surface area contributed by atoms with Crippen molar-refractivity contribution >= 4 is 184 Å². The van der Waals surface area contributed by atoms with Gasteiger partial charge >= 0.3 is 41.8 Å². The van der Waals surface area contributed by atoms with Gasteiger partial charge < -0.3 is 58.2 Å². The van der Waals surface area contributed by atoms with Gasteiger partial charge in [0.05, 0.1) is 26.1 Å². The second-order valence-corrected chi connectivity index (χ2v) is 31.9. The molecule has 25 nitrogen and oxygen atoms in total. The van der Waals surface area contributed by atoms with Gasteiger partial charge in [0.15, 0.2) is 11.5 Å². The largest absolute Gasteiger partial charge is 0.491 e. The fourth-order valence-electron chi connectivity index (χ4n) is 14.6. The second kappa shape index (κ2) is 53.8. The molecule has 146 heavy (non-hydrogen) atoms. The molecule has 19 rings (SSSR count). The molecule has 0 spiro atoms. The molecular formula is C121H103N7O18. The number of nitrogens with zero attached hydrogens (tertiary/aromatic N) is 4. The van der Waals surface area contributed by atoms with Crippen LogP contribution in [-0.4, -0.2) is 112 Å². The summed E-state index contributed by atoms with van der Waals surface area (Å²) in [5.74, 6) is 0.0257. The Labute approximate surface area is 841 Å². The summed E-state index contributed by atoms with van der Waals surface area (Å²) in [7, 11) is 0. The van der Waals surface area contributed by atoms with Crippen molar-refractivity contribution in [2.45, 2.75) is 33.8 Å². The van der Waals surface area contributed by atoms with Gasteiger partial charge in [0.25, 0.3) is 5.91 Å². The first-order valence-corrected chi connectivity index (χ1v) is 45.8. The first-order chi connectivity index (χ1) is 70.9. The number of H-pyrrole nitrogens is 1. The molecule has 0 aliphatic carbocycles. The molecule has 0 saturated carbocycles. The number of anilines is 2. The molecule has 19 aromatic rings. The Kier molecular flexibility index (Phi) is 38.9. The molecule has 730 valence electrons. The Bertz CT molecular complexity index is 8040. The molecule has 3 heterocycles. The molecule has 2 amide bonds. The maximum Gasteiger partial charge on any atom is 0.338 e. The number of imidazole rings is 1. The number of nitrogens with one attached hydrogen (secondary N) is 3. The van der Waals surface area contributed by atoms with Crippen molar-refractivity contribution in [3.63, 3.8) is 0 Å². The van der Waals surface area contributed by atoms with Gasteiger partial charge in [-0.3, -0.25) is 19.4 Å². The number of amides is 2. The van der Waals surface area contributed by atoms with Gasteiger partial charge in [-0.05, 0) is 191 Å². The number of benzene rings is 16. The van der Waals surface area contributed by atoms with Crippen molar-refractivity contribution in [1.82, 2.24) is 24.9 Å². The highest BCUT2D eigenvalue weighted by molar-refractivity contribution is 6.11. The standard InChI is InChI=1S/C21H20O4.C18H14O2.C17H12O2.C16H15NO3.C14H13NO2.C14H12O2.C13H10O2.C8H7N5O/c1-2-21(22)25-12-10-23-9-11-24-20-8-7-18-13-16-5-3-4-6-17(16)14-19(18)15-20;1-2-18(19)20-12-17-15-9-5-3-7-13(15)11-14-8-4-6-10-16(14)17;1-2-17(18)19-16-9-5-8-14-13-7-4-3-6-12(13)10-11-15(14)16;1-10(2)16(19)17-14-6-4-13-9-15(20-11(3)18)7-5-12(13)8-14;1-2-14(16)17-8-7-13-9-11-5-3-4-6-12(11)10-15-13;1-10(2)14(15)16-13-9-5-7-11-6-3-4-8-12(11)13;1-2-13(14)15-12-9-5-7-10-6-3-4-8-11(10)12;1-2-5(14)13-8-6-7(10-3-9-6)11-4-12-8/h2-8,13-15H,1,9-12H2;2-11H,1,12H2;2-11H,1H2;4-9H,1H2,2-3H3,(H,17,19);2-6,9-10H,1,7-8H2;3-9H,1H2,2H3;2-9H,1H2;2-4H,1H2,(H2,9,10,11,12,13,14). The van der Waals surface area contributed by atoms with Crippen LogP contribution in [0.1, 0.15) is 32.0 Å². The smallest absolute Gasteiger partial charge is 0.338 e. The molecule has 16 aromatic carbocycles. The van der Waals surface area contributed by atoms with Crippen molar-refractivity contribution in [1.29, 1.82) is 0 Å². The van der Waals surface area contributed by atoms with Crippen molar-refractivity contribution in [3.8, 4) is 28.7 Å². The SMILES string of the molecule is C=C(C)C(=O)Nc1ccc2cc(OC(C)=O)ccc2c1.C=C(C)C(=O)Oc1cccc2ccccc12.C=CC(=O)Nc1ncnc2nc[nH]c12.C=CC(=O)OCCOCCOc1ccc2cc3ccccc3cc2c1.C=CC(=O)OCCc1cc2ccccc2cn1.C=CC(=O)OCc1c2ccccc2cc2ccccc12.C=CC(=O)Oc1cccc2c1ccc1ccccc12.C=CC(=O)Oc1cccc2ccccc12. The number of pyridine rings is 1. The molecule has 0 radical (unpaired) electrons. The summed E-state index contributed by atoms with van der Waals surface area (Å²) in [6.07, 6.45) is 12.2. The van der Waals surface area contributed by atoms with Crippen LogP contribution in [0.15, 0.2) is 435 Å². The Morgan fingerprint density at radius 1 is 0.336 bits per heavy atom. The lowest BCUT2D eigenvalue weighted by Gasteiger charge is -2.11. The third kappa shape index (κ3) is 30.6. The molecule has 0 aliphatic heterocycles. The molecule has 0 fully saturated rings. The molecule has 3 N–H and O–H groups in total. The number of ether oxygens (including phenoxy) is 9. The normalized spacial score (nSPS) is 10.3. The zero-order valence-electron chi connectivity index (χ0n) is 80.5. The van der Waals surface area contributed by atoms with E-state index in [1.165, 1.54) is 59.4 Å². The number of hydrogen-bond acceptors (Lipinski definition) is 22. The van der Waals surface area contributed by atoms with Gasteiger partial charge in [0.1, 0.15) is 60.4 Å². The minimum Gasteiger partial charge on any atom is -0.491 e. The van der Waals surface area contributed by atoms with Crippen LogP contribution in [0.2, 0.25) is 0 Å². The highest BCUT2D eigenvalue weighted by atomic mass is 16.6. The number of carbonyl (C=O) groups excluding carboxylic acids is 9. The summed E-state index contributed by atoms with van der Waals surface area (Å²) in [6.45, 7) is 34.0. The quantitative estimate of drug-likeness (QED) is 0.00862. The first-order valence-electron chi connectivity index (χ1n) is 45.8. The van der Waals surface area contributed by atoms with Crippen LogP contribution in [0.25, 0.3) is 119 Å². The zero-order valence-corrected chi connectivity index (χ0v) is 80.5. The predicted molar refractivity (Wildman–Crippen MR) is 578 cm³/mol. The Hall–Kier alpha value is -19.3. The summed E-state index contributed by atoms with van der Waals surface area (Å²) >= 11 is 0. The lowest BCUT2D eigenvalue weighted by Crippen LogP contribution is -2.12. The van der Waals surface area contributed by atoms with Gasteiger partial charge in [-0.15, -0.1) is 0 Å². The van der Waals surface area contributed by atoms with Crippen molar-refractivity contribution in [3.05, 3.63) is 446 Å². The number of rotatable bonds is 26. The minimum absolute atomic E-state index is 0.208. The molecule has 0 atom stereocenters. The van der Waals surface area contributed by atoms with Crippen LogP contribution in [0.5, 0.6) is 28.7 Å². The highest BCUT2D eigenvalue weighted by Gasteiger charge is 2.16. The van der Waals surface area contributed by atoms with E-state index in [2.05, 4.69) is 161 Å². The third-order valence-electron chi connectivity index (χ3n) is 21.6. The summed E-state index contributed by atoms with van der Waals surface area (Å²) in [5.41, 5.74) is 4.62. The van der Waals surface area contributed by atoms with Crippen LogP contribution in [0, 0.1) is 0 Å². The monoisotopic (exact) mass is 1940 g/mol. The Morgan fingerprint density at radius 3 is 1.36 bits per heavy atom. The number of carbonyl (C=O) groups is 9. The average molecular weight is 1940 g/mol. The maximum absolute atomic E-state index is 11.6. The van der Waals surface area contributed by atoms with E-state index in [9.17, 15) is 43.2 Å². The van der Waals surface area contributed by atoms with E-state index in [-0.39, 0.29) is 31.0 Å². The maximum atomic E-state index is 11.6. The highest BCUT2D eigenvalue weighted by Crippen LogP contribution is 2.35. The average Bonchev–Trinajstić information content (AvgIpc) is 0.946. The number of esters is 7. The van der Waals surface area contributed by atoms with Gasteiger partial charge in [-0.2, -0.15) is 0 Å². The lowest BCUT2D eigenvalue weighted by molar-refractivity contribution is -0.140. The van der Waals surface area contributed by atoms with E-state index in [1.54, 1.807) is 50.2 Å². The molecule has 0 aliphatic rings. The topological polar surface area (TPSA) is 328 Å². The summed E-state index contributed by atoms with van der Waals surface area (Å²) in [5, 5.41) is 27.0. The summed E-state index contributed by atoms with van der Waals surface area (Å²) in [6, 6.07) is 103. The van der Waals surface area contributed by atoms with Gasteiger partial charge in [-0.25, -0.2) is 43.7 Å². The van der Waals surface area contributed by atoms with Crippen LogP contribution in [0.4, 0.5) is 11.5 Å². The molecule has 25 heteroatoms. The van der Waals surface area contributed by atoms with E-state index >= 15 is 0 Å².